The number of hydrogen-bond acceptors (Lipinski definition) is 4. The molecule has 0 spiro atoms. The van der Waals surface area contributed by atoms with Gasteiger partial charge < -0.3 is 0 Å². The number of nitrogens with zero attached hydrogens (tertiary/aromatic N) is 4. The maximum absolute atomic E-state index is 4.33. The van der Waals surface area contributed by atoms with Gasteiger partial charge in [0.25, 0.3) is 0 Å². The number of aromatic nitrogens is 4. The van der Waals surface area contributed by atoms with E-state index in [9.17, 15) is 0 Å². The smallest absolute Gasteiger partial charge is 0.115 e. The molecule has 0 saturated carbocycles. The van der Waals surface area contributed by atoms with Crippen molar-refractivity contribution in [2.45, 2.75) is 19.6 Å². The summed E-state index contributed by atoms with van der Waals surface area (Å²) >= 11 is 0. The quantitative estimate of drug-likeness (QED) is 0.167. The van der Waals surface area contributed by atoms with Crippen molar-refractivity contribution < 1.29 is 0 Å². The van der Waals surface area contributed by atoms with Crippen LogP contribution in [0, 0.1) is 0 Å². The van der Waals surface area contributed by atoms with E-state index in [-0.39, 0.29) is 0 Å². The Balaban J connectivity index is 1.42. The fourth-order valence-electron chi connectivity index (χ4n) is 7.70. The Bertz CT molecular complexity index is 2560. The minimum Gasteiger partial charge on any atom is -0.244 e. The maximum atomic E-state index is 4.33. The van der Waals surface area contributed by atoms with Crippen molar-refractivity contribution in [3.8, 4) is 77.9 Å². The van der Waals surface area contributed by atoms with E-state index in [1.807, 2.05) is 24.8 Å². The van der Waals surface area contributed by atoms with Crippen LogP contribution in [0.5, 0.6) is 0 Å². The van der Waals surface area contributed by atoms with Crippen LogP contribution in [0.15, 0.2) is 153 Å². The van der Waals surface area contributed by atoms with Crippen LogP contribution in [-0.2, 0) is 0 Å². The second-order valence-electron chi connectivity index (χ2n) is 14.0. The summed E-state index contributed by atoms with van der Waals surface area (Å²) < 4.78 is 0. The topological polar surface area (TPSA) is 51.6 Å². The summed E-state index contributed by atoms with van der Waals surface area (Å²) in [4.78, 5) is 17.3. The molecule has 238 valence electrons. The number of rotatable bonds is 6. The number of hydrogen-bond donors (Lipinski definition) is 0. The van der Waals surface area contributed by atoms with Crippen LogP contribution < -0.4 is 5.19 Å². The van der Waals surface area contributed by atoms with E-state index in [0.29, 0.717) is 0 Å². The van der Waals surface area contributed by atoms with E-state index in [1.54, 1.807) is 12.7 Å². The zero-order valence-electron chi connectivity index (χ0n) is 28.2. The van der Waals surface area contributed by atoms with Crippen LogP contribution in [0.25, 0.3) is 88.7 Å². The average molecular weight is 659 g/mol. The van der Waals surface area contributed by atoms with Gasteiger partial charge >= 0.3 is 0 Å². The molecule has 0 amide bonds. The van der Waals surface area contributed by atoms with Gasteiger partial charge in [-0.05, 0) is 95.7 Å². The van der Waals surface area contributed by atoms with Crippen LogP contribution in [0.4, 0.5) is 0 Å². The van der Waals surface area contributed by atoms with E-state index in [4.69, 9.17) is 0 Å². The first kappa shape index (κ1) is 30.0. The van der Waals surface area contributed by atoms with Crippen LogP contribution >= 0.6 is 0 Å². The zero-order valence-corrected chi connectivity index (χ0v) is 29.2. The van der Waals surface area contributed by atoms with Crippen molar-refractivity contribution in [3.63, 3.8) is 0 Å². The second-order valence-corrected chi connectivity index (χ2v) is 19.1. The highest BCUT2D eigenvalue weighted by Crippen LogP contribution is 2.57. The molecule has 0 bridgehead atoms. The van der Waals surface area contributed by atoms with Gasteiger partial charge in [-0.3, -0.25) is 0 Å². The Morgan fingerprint density at radius 3 is 1.58 bits per heavy atom. The third kappa shape index (κ3) is 4.97. The van der Waals surface area contributed by atoms with Crippen molar-refractivity contribution in [2.75, 3.05) is 0 Å². The first-order chi connectivity index (χ1) is 24.5. The molecule has 2 aromatic heterocycles. The van der Waals surface area contributed by atoms with Gasteiger partial charge in [-0.15, -0.1) is 0 Å². The molecule has 0 atom stereocenters. The molecule has 0 fully saturated rings. The van der Waals surface area contributed by atoms with E-state index in [0.717, 1.165) is 27.8 Å². The first-order valence-corrected chi connectivity index (χ1v) is 20.5. The lowest BCUT2D eigenvalue weighted by Gasteiger charge is -2.21. The fraction of sp³-hybridized carbons (Fsp3) is 0.0667. The maximum Gasteiger partial charge on any atom is 0.115 e. The summed E-state index contributed by atoms with van der Waals surface area (Å²) in [5.41, 5.74) is 16.5. The minimum atomic E-state index is -1.65. The predicted molar refractivity (Wildman–Crippen MR) is 210 cm³/mol. The highest BCUT2D eigenvalue weighted by Gasteiger charge is 2.32. The van der Waals surface area contributed by atoms with E-state index >= 15 is 0 Å². The van der Waals surface area contributed by atoms with E-state index < -0.39 is 8.07 Å². The molecule has 9 rings (SSSR count). The predicted octanol–water partition coefficient (Wildman–Crippen LogP) is 10.9. The monoisotopic (exact) mass is 658 g/mol. The minimum absolute atomic E-state index is 0.996. The molecule has 8 aromatic rings. The van der Waals surface area contributed by atoms with Crippen LogP contribution in [0.3, 0.4) is 0 Å². The van der Waals surface area contributed by atoms with Crippen molar-refractivity contribution in [3.05, 3.63) is 153 Å². The molecule has 0 saturated heterocycles. The van der Waals surface area contributed by atoms with Gasteiger partial charge in [-0.1, -0.05) is 122 Å². The van der Waals surface area contributed by atoms with Gasteiger partial charge in [0.15, 0.2) is 0 Å². The molecule has 1 aliphatic carbocycles. The molecule has 1 aliphatic rings. The highest BCUT2D eigenvalue weighted by molar-refractivity contribution is 6.90. The molecule has 5 heteroatoms. The molecule has 50 heavy (non-hydrogen) atoms. The van der Waals surface area contributed by atoms with Crippen LogP contribution in [0.2, 0.25) is 19.6 Å². The van der Waals surface area contributed by atoms with Crippen molar-refractivity contribution in [2.24, 2.45) is 0 Å². The van der Waals surface area contributed by atoms with Gasteiger partial charge in [-0.25, -0.2) is 19.9 Å². The molecule has 6 aromatic carbocycles. The normalized spacial score (nSPS) is 11.9. The summed E-state index contributed by atoms with van der Waals surface area (Å²) in [6, 6.07) is 42.6. The summed E-state index contributed by atoms with van der Waals surface area (Å²) in [5, 5.41) is 4.23. The number of benzene rings is 6. The average Bonchev–Trinajstić information content (AvgIpc) is 3.50. The lowest BCUT2D eigenvalue weighted by atomic mass is 9.81. The third-order valence-corrected chi connectivity index (χ3v) is 12.0. The Labute approximate surface area is 293 Å². The van der Waals surface area contributed by atoms with Crippen LogP contribution in [0.1, 0.15) is 0 Å². The van der Waals surface area contributed by atoms with Gasteiger partial charge in [0.05, 0.1) is 8.07 Å². The summed E-state index contributed by atoms with van der Waals surface area (Å²) in [7, 11) is -1.65. The Morgan fingerprint density at radius 2 is 0.920 bits per heavy atom. The summed E-state index contributed by atoms with van der Waals surface area (Å²) in [6.07, 6.45) is 10.7. The van der Waals surface area contributed by atoms with Gasteiger partial charge in [0.1, 0.15) is 12.7 Å². The standard InChI is InChI=1S/C45H34N4Si/c1-50(2,3)41-19-18-38-43-36(41)16-9-17-37(43)45-42(33-15-8-13-31(21-33)35-25-48-28-49-26-35)39(29-10-5-4-6-11-29)22-40(44(38)45)32-14-7-12-30(20-32)34-23-46-27-47-24-34/h4-28H,1-3H3. The molecule has 2 heterocycles. The molecule has 0 unspecified atom stereocenters. The molecular weight excluding hydrogens is 625 g/mol. The Hall–Kier alpha value is -6.04. The van der Waals surface area contributed by atoms with Crippen molar-refractivity contribution in [1.29, 1.82) is 0 Å². The van der Waals surface area contributed by atoms with Gasteiger partial charge in [-0.2, -0.15) is 0 Å². The number of fused-ring (bicyclic) bond motifs is 3. The lowest BCUT2D eigenvalue weighted by Crippen LogP contribution is -2.38. The second kappa shape index (κ2) is 11.8. The van der Waals surface area contributed by atoms with Crippen molar-refractivity contribution >= 4 is 24.0 Å². The summed E-state index contributed by atoms with van der Waals surface area (Å²) in [5.74, 6) is 0. The molecule has 0 aliphatic heterocycles. The lowest BCUT2D eigenvalue weighted by molar-refractivity contribution is 1.17. The highest BCUT2D eigenvalue weighted by atomic mass is 28.3. The summed E-state index contributed by atoms with van der Waals surface area (Å²) in [6.45, 7) is 7.34. The SMILES string of the molecule is C[Si](C)(C)c1ccc2c3c(cccc13)-c1c(-c3cccc(-c4cncnc4)c3)c(-c3ccccc3)cc(-c3cccc(-c4cncnc4)c3)c1-2. The zero-order chi connectivity index (χ0) is 33.8. The van der Waals surface area contributed by atoms with E-state index in [1.165, 1.54) is 66.0 Å². The molecule has 4 nitrogen and oxygen atoms in total. The molecule has 0 radical (unpaired) electrons. The van der Waals surface area contributed by atoms with Gasteiger partial charge in [0.2, 0.25) is 0 Å². The van der Waals surface area contributed by atoms with Crippen molar-refractivity contribution in [1.82, 2.24) is 19.9 Å². The molecule has 0 N–H and O–H groups in total. The largest absolute Gasteiger partial charge is 0.244 e. The van der Waals surface area contributed by atoms with Crippen LogP contribution in [-0.4, -0.2) is 28.0 Å². The Kier molecular flexibility index (Phi) is 7.11. The third-order valence-electron chi connectivity index (χ3n) is 9.91. The van der Waals surface area contributed by atoms with Gasteiger partial charge in [0, 0.05) is 35.9 Å². The fourth-order valence-corrected chi connectivity index (χ4v) is 9.30. The van der Waals surface area contributed by atoms with E-state index in [2.05, 4.69) is 155 Å². The first-order valence-electron chi connectivity index (χ1n) is 17.0. The molecular formula is C45H34N4Si. The Morgan fingerprint density at radius 1 is 0.380 bits per heavy atom.